The lowest BCUT2D eigenvalue weighted by Crippen LogP contribution is -2.56. The molecule has 8 unspecified atom stereocenters. The maximum absolute atomic E-state index is 11.6. The van der Waals surface area contributed by atoms with Crippen molar-refractivity contribution in [1.29, 1.82) is 0 Å². The zero-order valence-corrected chi connectivity index (χ0v) is 30.0. The van der Waals surface area contributed by atoms with Gasteiger partial charge in [-0.25, -0.2) is 0 Å². The Kier molecular flexibility index (Phi) is 10.6. The van der Waals surface area contributed by atoms with Gasteiger partial charge in [0.1, 0.15) is 42.4 Å². The largest absolute Gasteiger partial charge is 0.508 e. The van der Waals surface area contributed by atoms with Gasteiger partial charge in [0.25, 0.3) is 0 Å². The van der Waals surface area contributed by atoms with Gasteiger partial charge in [0.2, 0.25) is 0 Å². The molecule has 10 heteroatoms. The van der Waals surface area contributed by atoms with Crippen LogP contribution in [0.1, 0.15) is 41.9 Å². The number of benzene rings is 4. The molecule has 0 aromatic heterocycles. The molecule has 0 amide bonds. The first-order valence-corrected chi connectivity index (χ1v) is 18.2. The number of aliphatic hydroxyl groups is 1. The molecule has 0 bridgehead atoms. The lowest BCUT2D eigenvalue weighted by atomic mass is 10.0. The van der Waals surface area contributed by atoms with E-state index in [-0.39, 0.29) is 37.9 Å². The fourth-order valence-corrected chi connectivity index (χ4v) is 7.77. The van der Waals surface area contributed by atoms with Crippen LogP contribution in [0.5, 0.6) is 0 Å². The molecule has 3 heterocycles. The molecule has 1 spiro atoms. The van der Waals surface area contributed by atoms with E-state index in [0.29, 0.717) is 19.0 Å². The minimum Gasteiger partial charge on any atom is -0.508 e. The van der Waals surface area contributed by atoms with E-state index >= 15 is 0 Å². The normalized spacial score (nSPS) is 32.1. The van der Waals surface area contributed by atoms with E-state index in [4.69, 9.17) is 42.6 Å². The van der Waals surface area contributed by atoms with Gasteiger partial charge < -0.3 is 47.7 Å². The second-order valence-electron chi connectivity index (χ2n) is 14.1. The highest BCUT2D eigenvalue weighted by Gasteiger charge is 2.81. The summed E-state index contributed by atoms with van der Waals surface area (Å²) in [7, 11) is 1.61. The van der Waals surface area contributed by atoms with Gasteiger partial charge in [0.05, 0.1) is 38.8 Å². The molecule has 1 N–H and O–H groups in total. The second-order valence-corrected chi connectivity index (χ2v) is 14.1. The van der Waals surface area contributed by atoms with Crippen molar-refractivity contribution in [2.75, 3.05) is 20.3 Å². The van der Waals surface area contributed by atoms with Gasteiger partial charge in [-0.2, -0.15) is 0 Å². The predicted molar refractivity (Wildman–Crippen MR) is 193 cm³/mol. The number of rotatable bonds is 14. The zero-order valence-electron chi connectivity index (χ0n) is 30.0. The zero-order chi connectivity index (χ0) is 36.3. The predicted octanol–water partition coefficient (Wildman–Crippen LogP) is 7.15. The van der Waals surface area contributed by atoms with Crippen molar-refractivity contribution in [2.24, 2.45) is 5.92 Å². The molecule has 1 aliphatic carbocycles. The van der Waals surface area contributed by atoms with Gasteiger partial charge in [-0.3, -0.25) is 0 Å². The molecule has 3 fully saturated rings. The van der Waals surface area contributed by atoms with Crippen LogP contribution < -0.4 is 0 Å². The van der Waals surface area contributed by atoms with Crippen LogP contribution in [0, 0.1) is 5.92 Å². The maximum atomic E-state index is 11.6. The van der Waals surface area contributed by atoms with Crippen LogP contribution in [0.15, 0.2) is 133 Å². The Hall–Kier alpha value is -4.10. The standard InChI is InChI=1S/C43H46O10/c1-42(23-33(44)37(47-25-30-17-9-4-10-18-30)34(51-42)27-46-24-29-15-7-3-8-16-29)52-39-36-38(48-26-31-19-11-5-12-20-31)41(45-2)50-35-28-49-40(53-43(35,36)39)32-21-13-6-14-22-32/h3-22,34-36,38-41,44H,23-28H2,1-2H3/t34?,35?,36?,38?,39?,40?,41-,42?,43?/m0/s1. The summed E-state index contributed by atoms with van der Waals surface area (Å²) >= 11 is 0. The smallest absolute Gasteiger partial charge is 0.184 e. The molecule has 4 aromatic carbocycles. The third kappa shape index (κ3) is 7.64. The molecule has 53 heavy (non-hydrogen) atoms. The molecule has 1 saturated carbocycles. The first-order valence-electron chi connectivity index (χ1n) is 18.2. The second kappa shape index (κ2) is 15.7. The molecular weight excluding hydrogens is 676 g/mol. The summed E-state index contributed by atoms with van der Waals surface area (Å²) in [5.74, 6) is -1.23. The highest BCUT2D eigenvalue weighted by atomic mass is 16.8. The van der Waals surface area contributed by atoms with Crippen molar-refractivity contribution < 1.29 is 47.7 Å². The fraction of sp³-hybridized carbons (Fsp3) is 0.395. The van der Waals surface area contributed by atoms with Gasteiger partial charge in [-0.05, 0) is 23.6 Å². The molecule has 8 rings (SSSR count). The Morgan fingerprint density at radius 1 is 0.755 bits per heavy atom. The lowest BCUT2D eigenvalue weighted by Gasteiger charge is -2.44. The van der Waals surface area contributed by atoms with Crippen molar-refractivity contribution in [3.63, 3.8) is 0 Å². The number of ether oxygens (including phenoxy) is 9. The summed E-state index contributed by atoms with van der Waals surface area (Å²) in [5, 5.41) is 11.6. The topological polar surface area (TPSA) is 103 Å². The van der Waals surface area contributed by atoms with Crippen LogP contribution in [-0.2, 0) is 62.5 Å². The average Bonchev–Trinajstić information content (AvgIpc) is 3.81. The van der Waals surface area contributed by atoms with E-state index in [9.17, 15) is 5.11 Å². The van der Waals surface area contributed by atoms with Gasteiger partial charge in [-0.1, -0.05) is 121 Å². The minimum absolute atomic E-state index is 0.0404. The van der Waals surface area contributed by atoms with Crippen LogP contribution in [0.3, 0.4) is 0 Å². The van der Waals surface area contributed by atoms with Crippen molar-refractivity contribution in [3.05, 3.63) is 155 Å². The van der Waals surface area contributed by atoms with E-state index in [2.05, 4.69) is 0 Å². The summed E-state index contributed by atoms with van der Waals surface area (Å²) in [6, 6.07) is 39.5. The summed E-state index contributed by atoms with van der Waals surface area (Å²) in [4.78, 5) is 0. The van der Waals surface area contributed by atoms with E-state index in [1.807, 2.05) is 128 Å². The van der Waals surface area contributed by atoms with Crippen LogP contribution in [0.2, 0.25) is 0 Å². The lowest BCUT2D eigenvalue weighted by molar-refractivity contribution is -0.350. The summed E-state index contributed by atoms with van der Waals surface area (Å²) in [5.41, 5.74) is 2.95. The van der Waals surface area contributed by atoms with Gasteiger partial charge in [0.15, 0.2) is 24.1 Å². The number of hydrogen-bond donors (Lipinski definition) is 1. The van der Waals surface area contributed by atoms with Gasteiger partial charge >= 0.3 is 0 Å². The molecule has 0 radical (unpaired) electrons. The number of hydrogen-bond acceptors (Lipinski definition) is 10. The van der Waals surface area contributed by atoms with Crippen molar-refractivity contribution >= 4 is 0 Å². The van der Waals surface area contributed by atoms with Crippen molar-refractivity contribution in [1.82, 2.24) is 0 Å². The van der Waals surface area contributed by atoms with Crippen molar-refractivity contribution in [2.45, 2.75) is 81.5 Å². The Bertz CT molecular complexity index is 1810. The first-order chi connectivity index (χ1) is 26.0. The van der Waals surface area contributed by atoms with Crippen LogP contribution in [0.4, 0.5) is 0 Å². The third-order valence-corrected chi connectivity index (χ3v) is 10.4. The van der Waals surface area contributed by atoms with Crippen LogP contribution in [-0.4, -0.2) is 67.5 Å². The molecule has 3 aliphatic heterocycles. The van der Waals surface area contributed by atoms with E-state index in [0.717, 1.165) is 22.3 Å². The first kappa shape index (κ1) is 35.9. The van der Waals surface area contributed by atoms with E-state index < -0.39 is 48.4 Å². The van der Waals surface area contributed by atoms with Crippen LogP contribution in [0.25, 0.3) is 0 Å². The Labute approximate surface area is 310 Å². The molecule has 10 nitrogen and oxygen atoms in total. The van der Waals surface area contributed by atoms with Crippen molar-refractivity contribution in [3.8, 4) is 0 Å². The van der Waals surface area contributed by atoms with Gasteiger partial charge in [-0.15, -0.1) is 0 Å². The molecule has 4 aliphatic rings. The molecule has 4 aromatic rings. The highest BCUT2D eigenvalue weighted by molar-refractivity contribution is 5.29. The Balaban J connectivity index is 1.07. The van der Waals surface area contributed by atoms with Crippen LogP contribution >= 0.6 is 0 Å². The Morgan fingerprint density at radius 2 is 1.36 bits per heavy atom. The summed E-state index contributed by atoms with van der Waals surface area (Å²) < 4.78 is 58.3. The Morgan fingerprint density at radius 3 is 2.00 bits per heavy atom. The SMILES string of the molecule is CO[C@H]1OC2COC(c3ccccc3)OC23C(OC2(C)CC(O)=C(OCc4ccccc4)C(COCc4ccccc4)O2)C3C1OCc1ccccc1. The number of aliphatic hydroxyl groups excluding tert-OH is 1. The third-order valence-electron chi connectivity index (χ3n) is 10.4. The average molecular weight is 723 g/mol. The fourth-order valence-electron chi connectivity index (χ4n) is 7.77. The van der Waals surface area contributed by atoms with E-state index in [1.165, 1.54) is 0 Å². The van der Waals surface area contributed by atoms with Gasteiger partial charge in [0, 0.05) is 12.7 Å². The highest BCUT2D eigenvalue weighted by Crippen LogP contribution is 2.63. The minimum atomic E-state index is -1.29. The summed E-state index contributed by atoms with van der Waals surface area (Å²) in [6.45, 7) is 3.19. The quantitative estimate of drug-likeness (QED) is 0.144. The molecule has 9 atom stereocenters. The molecule has 2 saturated heterocycles. The molecular formula is C43H46O10. The molecule has 278 valence electrons. The number of methoxy groups -OCH3 is 1. The maximum Gasteiger partial charge on any atom is 0.184 e. The monoisotopic (exact) mass is 722 g/mol. The summed E-state index contributed by atoms with van der Waals surface area (Å²) in [6.07, 6.45) is -3.66. The van der Waals surface area contributed by atoms with E-state index in [1.54, 1.807) is 7.11 Å².